The number of anilines is 1. The Kier molecular flexibility index (Phi) is 7.36. The molecule has 1 aliphatic rings. The smallest absolute Gasteiger partial charge is 0.406 e. The lowest BCUT2D eigenvalue weighted by atomic mass is 10.1. The van der Waals surface area contributed by atoms with Crippen LogP contribution < -0.4 is 10.1 Å². The van der Waals surface area contributed by atoms with Crippen LogP contribution in [0.2, 0.25) is 0 Å². The van der Waals surface area contributed by atoms with Crippen LogP contribution in [-0.2, 0) is 19.7 Å². The van der Waals surface area contributed by atoms with Gasteiger partial charge in [-0.1, -0.05) is 23.4 Å². The zero-order chi connectivity index (χ0) is 23.2. The molecule has 8 nitrogen and oxygen atoms in total. The van der Waals surface area contributed by atoms with Gasteiger partial charge in [-0.05, 0) is 36.4 Å². The fourth-order valence-electron chi connectivity index (χ4n) is 2.94. The van der Waals surface area contributed by atoms with Crippen LogP contribution in [0.1, 0.15) is 12.8 Å². The van der Waals surface area contributed by atoms with Gasteiger partial charge in [0.25, 0.3) is 5.91 Å². The van der Waals surface area contributed by atoms with Crippen LogP contribution in [0.15, 0.2) is 64.6 Å². The number of ether oxygens (including phenoxy) is 1. The van der Waals surface area contributed by atoms with E-state index in [0.29, 0.717) is 24.2 Å². The van der Waals surface area contributed by atoms with E-state index in [0.717, 1.165) is 24.3 Å². The van der Waals surface area contributed by atoms with E-state index in [9.17, 15) is 26.4 Å². The van der Waals surface area contributed by atoms with Crippen molar-refractivity contribution in [3.8, 4) is 5.75 Å². The molecular weight excluding hydrogens is 451 g/mol. The first-order valence-corrected chi connectivity index (χ1v) is 11.0. The number of alkyl halides is 3. The molecule has 0 unspecified atom stereocenters. The van der Waals surface area contributed by atoms with Crippen molar-refractivity contribution in [2.45, 2.75) is 24.1 Å². The number of oxime groups is 1. The number of hydrogen-bond donors (Lipinski definition) is 1. The molecular formula is C20H20F3N3O5S. The maximum Gasteiger partial charge on any atom is 0.573 e. The van der Waals surface area contributed by atoms with Gasteiger partial charge in [0.05, 0.1) is 10.6 Å². The highest BCUT2D eigenvalue weighted by atomic mass is 32.2. The van der Waals surface area contributed by atoms with Gasteiger partial charge in [0.1, 0.15) is 5.75 Å². The standard InChI is InChI=1S/C20H20F3N3O5S/c21-20(22,23)31-17-6-8-18(9-7-17)32(28,29)26-12-10-16(11-13-26)25-30-14-19(27)24-15-4-2-1-3-5-15/h1-9H,10-14H2,(H,24,27). The molecule has 0 aromatic heterocycles. The Morgan fingerprint density at radius 1 is 1.03 bits per heavy atom. The number of hydrogen-bond acceptors (Lipinski definition) is 6. The maximum atomic E-state index is 12.7. The first-order valence-electron chi connectivity index (χ1n) is 9.52. The molecule has 0 atom stereocenters. The lowest BCUT2D eigenvalue weighted by molar-refractivity contribution is -0.274. The Hall–Kier alpha value is -3.12. The molecule has 172 valence electrons. The van der Waals surface area contributed by atoms with Crippen molar-refractivity contribution >= 4 is 27.3 Å². The number of para-hydroxylation sites is 1. The highest BCUT2D eigenvalue weighted by Crippen LogP contribution is 2.26. The number of piperidine rings is 1. The third-order valence-electron chi connectivity index (χ3n) is 4.44. The minimum absolute atomic E-state index is 0.127. The lowest BCUT2D eigenvalue weighted by Gasteiger charge is -2.26. The largest absolute Gasteiger partial charge is 0.573 e. The molecule has 1 N–H and O–H groups in total. The fraction of sp³-hybridized carbons (Fsp3) is 0.300. The van der Waals surface area contributed by atoms with E-state index in [1.807, 2.05) is 6.07 Å². The van der Waals surface area contributed by atoms with Crippen molar-refractivity contribution in [3.05, 3.63) is 54.6 Å². The molecule has 12 heteroatoms. The lowest BCUT2D eigenvalue weighted by Crippen LogP contribution is -2.38. The minimum Gasteiger partial charge on any atom is -0.406 e. The highest BCUT2D eigenvalue weighted by molar-refractivity contribution is 7.89. The zero-order valence-electron chi connectivity index (χ0n) is 16.7. The van der Waals surface area contributed by atoms with Crippen molar-refractivity contribution in [2.24, 2.45) is 5.16 Å². The summed E-state index contributed by atoms with van der Waals surface area (Å²) in [6.45, 7) is -0.0319. The fourth-order valence-corrected chi connectivity index (χ4v) is 4.38. The van der Waals surface area contributed by atoms with Gasteiger partial charge in [-0.25, -0.2) is 8.42 Å². The molecule has 0 bridgehead atoms. The van der Waals surface area contributed by atoms with Gasteiger partial charge >= 0.3 is 6.36 Å². The Balaban J connectivity index is 1.49. The molecule has 0 spiro atoms. The number of nitrogens with one attached hydrogen (secondary N) is 1. The second-order valence-electron chi connectivity index (χ2n) is 6.77. The van der Waals surface area contributed by atoms with E-state index in [1.165, 1.54) is 4.31 Å². The average molecular weight is 471 g/mol. The van der Waals surface area contributed by atoms with Crippen molar-refractivity contribution in [2.75, 3.05) is 25.0 Å². The molecule has 32 heavy (non-hydrogen) atoms. The number of halogens is 3. The summed E-state index contributed by atoms with van der Waals surface area (Å²) in [5.41, 5.74) is 1.24. The number of carbonyl (C=O) groups is 1. The quantitative estimate of drug-likeness (QED) is 0.625. The summed E-state index contributed by atoms with van der Waals surface area (Å²) in [7, 11) is -3.88. The monoisotopic (exact) mass is 471 g/mol. The van der Waals surface area contributed by atoms with Crippen molar-refractivity contribution in [1.82, 2.24) is 4.31 Å². The highest BCUT2D eigenvalue weighted by Gasteiger charge is 2.32. The topological polar surface area (TPSA) is 97.3 Å². The van der Waals surface area contributed by atoms with Gasteiger partial charge in [-0.3, -0.25) is 4.79 Å². The molecule has 0 saturated carbocycles. The van der Waals surface area contributed by atoms with Gasteiger partial charge in [0, 0.05) is 31.6 Å². The van der Waals surface area contributed by atoms with E-state index in [-0.39, 0.29) is 30.5 Å². The van der Waals surface area contributed by atoms with Crippen LogP contribution in [0.4, 0.5) is 18.9 Å². The number of sulfonamides is 1. The van der Waals surface area contributed by atoms with Crippen LogP contribution in [-0.4, -0.2) is 50.4 Å². The molecule has 0 aliphatic carbocycles. The van der Waals surface area contributed by atoms with Crippen molar-refractivity contribution in [1.29, 1.82) is 0 Å². The van der Waals surface area contributed by atoms with Crippen LogP contribution in [0.25, 0.3) is 0 Å². The van der Waals surface area contributed by atoms with Gasteiger partial charge in [-0.2, -0.15) is 4.31 Å². The second-order valence-corrected chi connectivity index (χ2v) is 8.71. The molecule has 3 rings (SSSR count). The summed E-state index contributed by atoms with van der Waals surface area (Å²) < 4.78 is 67.1. The third-order valence-corrected chi connectivity index (χ3v) is 6.35. The summed E-state index contributed by atoms with van der Waals surface area (Å²) in [6.07, 6.45) is -4.25. The summed E-state index contributed by atoms with van der Waals surface area (Å²) in [6, 6.07) is 12.9. The molecule has 2 aromatic carbocycles. The molecule has 0 radical (unpaired) electrons. The Morgan fingerprint density at radius 3 is 2.25 bits per heavy atom. The summed E-state index contributed by atoms with van der Waals surface area (Å²) in [4.78, 5) is 16.8. The van der Waals surface area contributed by atoms with Crippen molar-refractivity contribution in [3.63, 3.8) is 0 Å². The van der Waals surface area contributed by atoms with Gasteiger partial charge < -0.3 is 14.9 Å². The molecule has 1 heterocycles. The van der Waals surface area contributed by atoms with E-state index >= 15 is 0 Å². The van der Waals surface area contributed by atoms with Gasteiger partial charge in [-0.15, -0.1) is 13.2 Å². The second kappa shape index (κ2) is 10.0. The minimum atomic E-state index is -4.85. The normalized spacial score (nSPS) is 15.2. The molecule has 1 fully saturated rings. The number of rotatable bonds is 7. The van der Waals surface area contributed by atoms with Crippen molar-refractivity contribution < 1.29 is 36.0 Å². The van der Waals surface area contributed by atoms with Crippen LogP contribution in [0.3, 0.4) is 0 Å². The predicted octanol–water partition coefficient (Wildman–Crippen LogP) is 3.38. The number of amides is 1. The third kappa shape index (κ3) is 6.69. The Morgan fingerprint density at radius 2 is 1.66 bits per heavy atom. The number of carbonyl (C=O) groups excluding carboxylic acids is 1. The zero-order valence-corrected chi connectivity index (χ0v) is 17.5. The van der Waals surface area contributed by atoms with E-state index < -0.39 is 22.1 Å². The first kappa shape index (κ1) is 23.5. The Labute approximate surface area is 182 Å². The SMILES string of the molecule is O=C(CON=C1CCN(S(=O)(=O)c2ccc(OC(F)(F)F)cc2)CC1)Nc1ccccc1. The van der Waals surface area contributed by atoms with E-state index in [1.54, 1.807) is 24.3 Å². The number of benzene rings is 2. The summed E-state index contributed by atoms with van der Waals surface area (Å²) in [5, 5.41) is 6.56. The van der Waals surface area contributed by atoms with E-state index in [4.69, 9.17) is 4.84 Å². The molecule has 1 saturated heterocycles. The van der Waals surface area contributed by atoms with Gasteiger partial charge in [0.15, 0.2) is 6.61 Å². The van der Waals surface area contributed by atoms with Crippen LogP contribution >= 0.6 is 0 Å². The summed E-state index contributed by atoms with van der Waals surface area (Å²) >= 11 is 0. The van der Waals surface area contributed by atoms with Gasteiger partial charge in [0.2, 0.25) is 10.0 Å². The van der Waals surface area contributed by atoms with Crippen LogP contribution in [0.5, 0.6) is 5.75 Å². The average Bonchev–Trinajstić information content (AvgIpc) is 2.74. The molecule has 2 aromatic rings. The molecule has 1 amide bonds. The first-order chi connectivity index (χ1) is 15.1. The predicted molar refractivity (Wildman–Crippen MR) is 110 cm³/mol. The Bertz CT molecular complexity index is 1050. The number of nitrogens with zero attached hydrogens (tertiary/aromatic N) is 2. The van der Waals surface area contributed by atoms with Crippen LogP contribution in [0, 0.1) is 0 Å². The summed E-state index contributed by atoms with van der Waals surface area (Å²) in [5.74, 6) is -0.878. The van der Waals surface area contributed by atoms with E-state index in [2.05, 4.69) is 15.2 Å². The molecule has 1 aliphatic heterocycles. The maximum absolute atomic E-state index is 12.7.